The minimum absolute atomic E-state index is 0.780. The van der Waals surface area contributed by atoms with Crippen LogP contribution in [0.3, 0.4) is 0 Å². The molecule has 1 N–H and O–H groups in total. The Morgan fingerprint density at radius 2 is 2.12 bits per heavy atom. The Morgan fingerprint density at radius 1 is 1.38 bits per heavy atom. The Hall–Kier alpha value is -0.970. The van der Waals surface area contributed by atoms with Crippen LogP contribution in [0, 0.1) is 0 Å². The zero-order chi connectivity index (χ0) is 11.4. The Labute approximate surface area is 104 Å². The first-order valence-corrected chi connectivity index (χ1v) is 6.21. The number of pyridine rings is 1. The third-order valence-corrected chi connectivity index (χ3v) is 3.57. The Bertz CT molecular complexity index is 456. The van der Waals surface area contributed by atoms with Crippen LogP contribution in [0.5, 0.6) is 0 Å². The van der Waals surface area contributed by atoms with Crippen molar-refractivity contribution in [1.82, 2.24) is 15.3 Å². The smallest absolute Gasteiger partial charge is 0.125 e. The molecular weight excluding hydrogens is 242 g/mol. The molecule has 2 heterocycles. The van der Waals surface area contributed by atoms with Gasteiger partial charge in [0.05, 0.1) is 5.69 Å². The quantitative estimate of drug-likeness (QED) is 0.910. The SMILES string of the molecule is CNCCc1nc(-c2ccncc2)sc1Cl. The predicted octanol–water partition coefficient (Wildman–Crippen LogP) is 2.62. The second-order valence-corrected chi connectivity index (χ2v) is 4.93. The number of aromatic nitrogens is 2. The molecule has 2 rings (SSSR count). The normalized spacial score (nSPS) is 10.6. The van der Waals surface area contributed by atoms with Crippen LogP contribution < -0.4 is 5.32 Å². The van der Waals surface area contributed by atoms with Gasteiger partial charge in [-0.1, -0.05) is 11.6 Å². The molecule has 0 aromatic carbocycles. The maximum atomic E-state index is 6.14. The van der Waals surface area contributed by atoms with E-state index in [1.165, 1.54) is 11.3 Å². The average molecular weight is 254 g/mol. The van der Waals surface area contributed by atoms with E-state index >= 15 is 0 Å². The van der Waals surface area contributed by atoms with Crippen molar-refractivity contribution in [1.29, 1.82) is 0 Å². The maximum Gasteiger partial charge on any atom is 0.125 e. The lowest BCUT2D eigenvalue weighted by Crippen LogP contribution is -2.10. The largest absolute Gasteiger partial charge is 0.319 e. The molecule has 16 heavy (non-hydrogen) atoms. The first-order chi connectivity index (χ1) is 7.81. The van der Waals surface area contributed by atoms with E-state index < -0.39 is 0 Å². The van der Waals surface area contributed by atoms with Crippen molar-refractivity contribution in [2.75, 3.05) is 13.6 Å². The number of nitrogens with zero attached hydrogens (tertiary/aromatic N) is 2. The molecule has 0 radical (unpaired) electrons. The fourth-order valence-electron chi connectivity index (χ4n) is 1.35. The van der Waals surface area contributed by atoms with Crippen molar-refractivity contribution in [3.8, 4) is 10.6 Å². The van der Waals surface area contributed by atoms with Gasteiger partial charge in [-0.2, -0.15) is 0 Å². The number of likely N-dealkylation sites (N-methyl/N-ethyl adjacent to an activating group) is 1. The highest BCUT2D eigenvalue weighted by atomic mass is 35.5. The topological polar surface area (TPSA) is 37.8 Å². The summed E-state index contributed by atoms with van der Waals surface area (Å²) in [6.45, 7) is 0.888. The van der Waals surface area contributed by atoms with E-state index in [2.05, 4.69) is 15.3 Å². The molecule has 0 aliphatic heterocycles. The Kier molecular flexibility index (Phi) is 3.88. The van der Waals surface area contributed by atoms with Crippen molar-refractivity contribution in [3.63, 3.8) is 0 Å². The van der Waals surface area contributed by atoms with Crippen LogP contribution in [-0.2, 0) is 6.42 Å². The molecule has 0 aliphatic carbocycles. The predicted molar refractivity (Wildman–Crippen MR) is 68.0 cm³/mol. The van der Waals surface area contributed by atoms with Crippen LogP contribution in [0.25, 0.3) is 10.6 Å². The number of hydrogen-bond donors (Lipinski definition) is 1. The van der Waals surface area contributed by atoms with Gasteiger partial charge < -0.3 is 5.32 Å². The maximum absolute atomic E-state index is 6.14. The van der Waals surface area contributed by atoms with E-state index in [-0.39, 0.29) is 0 Å². The van der Waals surface area contributed by atoms with Gasteiger partial charge in [0.25, 0.3) is 0 Å². The Balaban J connectivity index is 2.24. The van der Waals surface area contributed by atoms with Crippen LogP contribution >= 0.6 is 22.9 Å². The van der Waals surface area contributed by atoms with Crippen molar-refractivity contribution < 1.29 is 0 Å². The highest BCUT2D eigenvalue weighted by Gasteiger charge is 2.09. The van der Waals surface area contributed by atoms with Gasteiger partial charge in [-0.05, 0) is 19.2 Å². The summed E-state index contributed by atoms with van der Waals surface area (Å²) in [7, 11) is 1.92. The van der Waals surface area contributed by atoms with Gasteiger partial charge in [0.1, 0.15) is 9.34 Å². The summed E-state index contributed by atoms with van der Waals surface area (Å²) in [6.07, 6.45) is 4.38. The zero-order valence-electron chi connectivity index (χ0n) is 8.90. The summed E-state index contributed by atoms with van der Waals surface area (Å²) >= 11 is 7.66. The lowest BCUT2D eigenvalue weighted by molar-refractivity contribution is 0.781. The number of thiazole rings is 1. The molecule has 0 amide bonds. The summed E-state index contributed by atoms with van der Waals surface area (Å²) in [5.41, 5.74) is 2.03. The summed E-state index contributed by atoms with van der Waals surface area (Å²) in [4.78, 5) is 8.52. The molecule has 0 unspecified atom stereocenters. The van der Waals surface area contributed by atoms with Gasteiger partial charge >= 0.3 is 0 Å². The van der Waals surface area contributed by atoms with E-state index in [0.717, 1.165) is 33.6 Å². The second kappa shape index (κ2) is 5.39. The van der Waals surface area contributed by atoms with E-state index in [0.29, 0.717) is 0 Å². The molecule has 3 nitrogen and oxygen atoms in total. The van der Waals surface area contributed by atoms with Gasteiger partial charge in [-0.3, -0.25) is 4.98 Å². The highest BCUT2D eigenvalue weighted by molar-refractivity contribution is 7.19. The lowest BCUT2D eigenvalue weighted by atomic mass is 10.3. The third kappa shape index (κ3) is 2.58. The number of nitrogens with one attached hydrogen (secondary N) is 1. The lowest BCUT2D eigenvalue weighted by Gasteiger charge is -1.95. The number of halogens is 1. The third-order valence-electron chi connectivity index (χ3n) is 2.19. The fraction of sp³-hybridized carbons (Fsp3) is 0.273. The zero-order valence-corrected chi connectivity index (χ0v) is 10.5. The molecule has 2 aromatic heterocycles. The van der Waals surface area contributed by atoms with Crippen molar-refractivity contribution in [2.45, 2.75) is 6.42 Å². The molecule has 84 valence electrons. The first kappa shape index (κ1) is 11.5. The van der Waals surface area contributed by atoms with Crippen molar-refractivity contribution in [3.05, 3.63) is 34.6 Å². The van der Waals surface area contributed by atoms with Crippen LogP contribution in [0.15, 0.2) is 24.5 Å². The minimum Gasteiger partial charge on any atom is -0.319 e. The fourth-order valence-corrected chi connectivity index (χ4v) is 2.55. The van der Waals surface area contributed by atoms with E-state index in [1.54, 1.807) is 12.4 Å². The molecule has 0 fully saturated rings. The van der Waals surface area contributed by atoms with Gasteiger partial charge in [0.2, 0.25) is 0 Å². The molecule has 2 aromatic rings. The molecule has 0 spiro atoms. The second-order valence-electron chi connectivity index (χ2n) is 3.33. The summed E-state index contributed by atoms with van der Waals surface area (Å²) in [5.74, 6) is 0. The van der Waals surface area contributed by atoms with Crippen molar-refractivity contribution in [2.24, 2.45) is 0 Å². The van der Waals surface area contributed by atoms with E-state index in [4.69, 9.17) is 11.6 Å². The monoisotopic (exact) mass is 253 g/mol. The van der Waals surface area contributed by atoms with Gasteiger partial charge in [-0.25, -0.2) is 4.98 Å². The first-order valence-electron chi connectivity index (χ1n) is 5.01. The summed E-state index contributed by atoms with van der Waals surface area (Å²) < 4.78 is 0.780. The van der Waals surface area contributed by atoms with Crippen LogP contribution in [0.2, 0.25) is 4.34 Å². The molecule has 0 bridgehead atoms. The highest BCUT2D eigenvalue weighted by Crippen LogP contribution is 2.31. The summed E-state index contributed by atoms with van der Waals surface area (Å²) in [6, 6.07) is 3.88. The van der Waals surface area contributed by atoms with Gasteiger partial charge in [0.15, 0.2) is 0 Å². The van der Waals surface area contributed by atoms with Gasteiger partial charge in [-0.15, -0.1) is 11.3 Å². The minimum atomic E-state index is 0.780. The molecular formula is C11H12ClN3S. The van der Waals surface area contributed by atoms with Crippen LogP contribution in [0.1, 0.15) is 5.69 Å². The molecule has 5 heteroatoms. The molecule has 0 atom stereocenters. The van der Waals surface area contributed by atoms with E-state index in [9.17, 15) is 0 Å². The van der Waals surface area contributed by atoms with Crippen LogP contribution in [-0.4, -0.2) is 23.6 Å². The summed E-state index contributed by atoms with van der Waals surface area (Å²) in [5, 5.41) is 4.05. The van der Waals surface area contributed by atoms with Gasteiger partial charge in [0, 0.05) is 30.9 Å². The Morgan fingerprint density at radius 3 is 2.81 bits per heavy atom. The van der Waals surface area contributed by atoms with E-state index in [1.807, 2.05) is 19.2 Å². The number of hydrogen-bond acceptors (Lipinski definition) is 4. The molecule has 0 saturated carbocycles. The average Bonchev–Trinajstić information content (AvgIpc) is 2.69. The standard InChI is InChI=1S/C11H12ClN3S/c1-13-5-4-9-10(12)16-11(15-9)8-2-6-14-7-3-8/h2-3,6-7,13H,4-5H2,1H3. The van der Waals surface area contributed by atoms with Crippen molar-refractivity contribution >= 4 is 22.9 Å². The molecule has 0 saturated heterocycles. The molecule has 0 aliphatic rings. The number of rotatable bonds is 4. The van der Waals surface area contributed by atoms with Crippen LogP contribution in [0.4, 0.5) is 0 Å².